The second-order valence-corrected chi connectivity index (χ2v) is 5.19. The lowest BCUT2D eigenvalue weighted by Crippen LogP contribution is -2.38. The normalized spacial score (nSPS) is 11.9. The predicted molar refractivity (Wildman–Crippen MR) is 83.6 cm³/mol. The molecular formula is C14H17N5O6. The Morgan fingerprint density at radius 1 is 1.36 bits per heavy atom. The molecule has 1 atom stereocenters. The first kappa shape index (κ1) is 18.1. The van der Waals surface area contributed by atoms with E-state index in [1.807, 2.05) is 0 Å². The molecule has 2 rings (SSSR count). The van der Waals surface area contributed by atoms with Crippen LogP contribution < -0.4 is 10.9 Å². The summed E-state index contributed by atoms with van der Waals surface area (Å²) in [5, 5.41) is 10.9. The zero-order chi connectivity index (χ0) is 18.4. The van der Waals surface area contributed by atoms with Crippen molar-refractivity contribution in [2.75, 3.05) is 6.61 Å². The molecule has 2 aromatic rings. The molecule has 2 aromatic heterocycles. The number of carboxylic acids is 1. The fraction of sp³-hybridized carbons (Fsp3) is 0.429. The third-order valence-electron chi connectivity index (χ3n) is 3.31. The van der Waals surface area contributed by atoms with Gasteiger partial charge < -0.3 is 24.7 Å². The molecule has 11 nitrogen and oxygen atoms in total. The largest absolute Gasteiger partial charge is 0.480 e. The van der Waals surface area contributed by atoms with Crippen LogP contribution in [0.4, 0.5) is 0 Å². The molecule has 0 radical (unpaired) electrons. The molecule has 0 saturated heterocycles. The van der Waals surface area contributed by atoms with Crippen molar-refractivity contribution in [2.24, 2.45) is 0 Å². The topological polar surface area (TPSA) is 156 Å². The summed E-state index contributed by atoms with van der Waals surface area (Å²) in [5.74, 6) is -2.29. The number of hydrogen-bond acceptors (Lipinski definition) is 7. The van der Waals surface area contributed by atoms with Crippen LogP contribution in [0.15, 0.2) is 17.4 Å². The average molecular weight is 351 g/mol. The van der Waals surface area contributed by atoms with Gasteiger partial charge >= 0.3 is 11.9 Å². The molecule has 0 saturated carbocycles. The van der Waals surface area contributed by atoms with Gasteiger partial charge in [0.1, 0.15) is 12.6 Å². The van der Waals surface area contributed by atoms with Gasteiger partial charge in [-0.2, -0.15) is 0 Å². The van der Waals surface area contributed by atoms with Crippen molar-refractivity contribution in [2.45, 2.75) is 32.4 Å². The van der Waals surface area contributed by atoms with Crippen LogP contribution in [-0.4, -0.2) is 55.1 Å². The highest BCUT2D eigenvalue weighted by Crippen LogP contribution is 2.04. The van der Waals surface area contributed by atoms with Crippen molar-refractivity contribution in [3.63, 3.8) is 0 Å². The van der Waals surface area contributed by atoms with Gasteiger partial charge in [0.05, 0.1) is 25.6 Å². The number of carbonyl (C=O) groups excluding carboxylic acids is 2. The number of H-pyrrole nitrogens is 1. The highest BCUT2D eigenvalue weighted by atomic mass is 16.5. The summed E-state index contributed by atoms with van der Waals surface area (Å²) in [7, 11) is 0. The number of nitrogens with one attached hydrogen (secondary N) is 2. The Bertz CT molecular complexity index is 842. The molecule has 0 spiro atoms. The van der Waals surface area contributed by atoms with E-state index in [-0.39, 0.29) is 37.1 Å². The van der Waals surface area contributed by atoms with Crippen LogP contribution in [-0.2, 0) is 25.7 Å². The van der Waals surface area contributed by atoms with Gasteiger partial charge in [-0.25, -0.2) is 9.97 Å². The number of rotatable bonds is 8. The number of carboxylic acid groups (broad SMARTS) is 1. The number of ether oxygens (including phenoxy) is 1. The minimum absolute atomic E-state index is 0.0198. The summed E-state index contributed by atoms with van der Waals surface area (Å²) in [6.45, 7) is 1.60. The van der Waals surface area contributed by atoms with E-state index in [0.29, 0.717) is 5.65 Å². The zero-order valence-corrected chi connectivity index (χ0v) is 13.4. The van der Waals surface area contributed by atoms with Gasteiger partial charge in [0, 0.05) is 6.42 Å². The van der Waals surface area contributed by atoms with E-state index in [2.05, 4.69) is 20.3 Å². The third kappa shape index (κ3) is 4.86. The summed E-state index contributed by atoms with van der Waals surface area (Å²) in [4.78, 5) is 55.5. The lowest BCUT2D eigenvalue weighted by atomic mass is 10.2. The first-order chi connectivity index (χ1) is 11.9. The van der Waals surface area contributed by atoms with Crippen molar-refractivity contribution < 1.29 is 24.2 Å². The summed E-state index contributed by atoms with van der Waals surface area (Å²) >= 11 is 0. The SMILES string of the molecule is CC(NC(=O)CCC(=O)OCCn1cnc2c(=O)[nH]cnc21)C(=O)O. The van der Waals surface area contributed by atoms with Crippen LogP contribution in [0.1, 0.15) is 19.8 Å². The van der Waals surface area contributed by atoms with Crippen LogP contribution in [0.3, 0.4) is 0 Å². The number of fused-ring (bicyclic) bond motifs is 1. The maximum absolute atomic E-state index is 11.6. The molecule has 0 bridgehead atoms. The van der Waals surface area contributed by atoms with Crippen molar-refractivity contribution in [3.05, 3.63) is 23.0 Å². The minimum atomic E-state index is -1.16. The van der Waals surface area contributed by atoms with Crippen LogP contribution in [0.5, 0.6) is 0 Å². The monoisotopic (exact) mass is 351 g/mol. The molecule has 1 amide bonds. The van der Waals surface area contributed by atoms with Gasteiger partial charge in [0.2, 0.25) is 5.91 Å². The molecule has 1 unspecified atom stereocenters. The fourth-order valence-electron chi connectivity index (χ4n) is 1.98. The fourth-order valence-corrected chi connectivity index (χ4v) is 1.98. The number of carbonyl (C=O) groups is 3. The van der Waals surface area contributed by atoms with E-state index in [1.54, 1.807) is 4.57 Å². The number of esters is 1. The Morgan fingerprint density at radius 2 is 2.12 bits per heavy atom. The number of amides is 1. The Balaban J connectivity index is 1.75. The Kier molecular flexibility index (Phi) is 5.82. The highest BCUT2D eigenvalue weighted by molar-refractivity contribution is 5.85. The highest BCUT2D eigenvalue weighted by Gasteiger charge is 2.15. The van der Waals surface area contributed by atoms with Crippen molar-refractivity contribution in [3.8, 4) is 0 Å². The number of aliphatic carboxylic acids is 1. The molecule has 11 heteroatoms. The van der Waals surface area contributed by atoms with Crippen LogP contribution in [0.2, 0.25) is 0 Å². The Hall–Kier alpha value is -3.24. The minimum Gasteiger partial charge on any atom is -0.480 e. The number of aromatic amines is 1. The molecule has 0 aliphatic carbocycles. The first-order valence-electron chi connectivity index (χ1n) is 7.45. The smallest absolute Gasteiger partial charge is 0.325 e. The van der Waals surface area contributed by atoms with Crippen LogP contribution in [0, 0.1) is 0 Å². The van der Waals surface area contributed by atoms with Crippen LogP contribution >= 0.6 is 0 Å². The van der Waals surface area contributed by atoms with E-state index in [9.17, 15) is 19.2 Å². The van der Waals surface area contributed by atoms with E-state index in [0.717, 1.165) is 0 Å². The summed E-state index contributed by atoms with van der Waals surface area (Å²) in [6, 6.07) is -1.02. The van der Waals surface area contributed by atoms with Gasteiger partial charge in [-0.15, -0.1) is 0 Å². The van der Waals surface area contributed by atoms with Crippen molar-refractivity contribution >= 4 is 29.0 Å². The molecular weight excluding hydrogens is 334 g/mol. The maximum atomic E-state index is 11.6. The molecule has 0 aromatic carbocycles. The summed E-state index contributed by atoms with van der Waals surface area (Å²) in [6.07, 6.45) is 2.34. The lowest BCUT2D eigenvalue weighted by Gasteiger charge is -2.09. The third-order valence-corrected chi connectivity index (χ3v) is 3.31. The molecule has 0 fully saturated rings. The first-order valence-corrected chi connectivity index (χ1v) is 7.45. The van der Waals surface area contributed by atoms with Gasteiger partial charge in [0.25, 0.3) is 5.56 Å². The lowest BCUT2D eigenvalue weighted by molar-refractivity contribution is -0.145. The second-order valence-electron chi connectivity index (χ2n) is 5.19. The Morgan fingerprint density at radius 3 is 2.84 bits per heavy atom. The summed E-state index contributed by atoms with van der Waals surface area (Å²) < 4.78 is 6.57. The Labute approximate surface area is 141 Å². The standard InChI is InChI=1S/C14H17N5O6/c1-8(14(23)24)18-9(20)2-3-10(21)25-5-4-19-7-17-11-12(19)15-6-16-13(11)22/h6-8H,2-5H2,1H3,(H,18,20)(H,23,24)(H,15,16,22). The quantitative estimate of drug-likeness (QED) is 0.513. The van der Waals surface area contributed by atoms with Crippen molar-refractivity contribution in [1.82, 2.24) is 24.8 Å². The second kappa shape index (κ2) is 8.04. The molecule has 0 aliphatic rings. The van der Waals surface area contributed by atoms with Gasteiger partial charge in [-0.3, -0.25) is 19.2 Å². The predicted octanol–water partition coefficient (Wildman–Crippen LogP) is -0.968. The van der Waals surface area contributed by atoms with Gasteiger partial charge in [0.15, 0.2) is 11.2 Å². The van der Waals surface area contributed by atoms with Gasteiger partial charge in [-0.05, 0) is 6.92 Å². The van der Waals surface area contributed by atoms with E-state index in [1.165, 1.54) is 19.6 Å². The van der Waals surface area contributed by atoms with Crippen molar-refractivity contribution in [1.29, 1.82) is 0 Å². The molecule has 3 N–H and O–H groups in total. The van der Waals surface area contributed by atoms with Crippen LogP contribution in [0.25, 0.3) is 11.2 Å². The number of aromatic nitrogens is 4. The number of nitrogens with zero attached hydrogens (tertiary/aromatic N) is 3. The maximum Gasteiger partial charge on any atom is 0.325 e. The van der Waals surface area contributed by atoms with E-state index in [4.69, 9.17) is 9.84 Å². The molecule has 0 aliphatic heterocycles. The molecule has 134 valence electrons. The zero-order valence-electron chi connectivity index (χ0n) is 13.4. The van der Waals surface area contributed by atoms with E-state index < -0.39 is 23.9 Å². The average Bonchev–Trinajstić information content (AvgIpc) is 2.97. The van der Waals surface area contributed by atoms with E-state index >= 15 is 0 Å². The molecule has 2 heterocycles. The van der Waals surface area contributed by atoms with Gasteiger partial charge in [-0.1, -0.05) is 0 Å². The number of hydrogen-bond donors (Lipinski definition) is 3. The summed E-state index contributed by atoms with van der Waals surface area (Å²) in [5.41, 5.74) is 0.210. The number of imidazole rings is 1. The molecule has 25 heavy (non-hydrogen) atoms.